The summed E-state index contributed by atoms with van der Waals surface area (Å²) in [6.07, 6.45) is 3.73. The van der Waals surface area contributed by atoms with Crippen molar-refractivity contribution in [3.05, 3.63) is 146 Å². The van der Waals surface area contributed by atoms with E-state index in [0.717, 1.165) is 5.56 Å². The molecule has 1 fully saturated rings. The quantitative estimate of drug-likeness (QED) is 0.121. The highest BCUT2D eigenvalue weighted by atomic mass is 35.5. The highest BCUT2D eigenvalue weighted by Gasteiger charge is 2.71. The Kier molecular flexibility index (Phi) is 5.56. The Hall–Kier alpha value is -4.88. The summed E-state index contributed by atoms with van der Waals surface area (Å²) in [6, 6.07) is 24.9. The predicted molar refractivity (Wildman–Crippen MR) is 155 cm³/mol. The molecule has 0 unspecified atom stereocenters. The van der Waals surface area contributed by atoms with Crippen LogP contribution in [-0.4, -0.2) is 34.4 Å². The van der Waals surface area contributed by atoms with Crippen LogP contribution in [0.5, 0.6) is 0 Å². The van der Waals surface area contributed by atoms with Crippen molar-refractivity contribution in [3.63, 3.8) is 0 Å². The molecule has 0 aromatic heterocycles. The fraction of sp³-hybridized carbons (Fsp3) is 0.121. The average molecular weight is 561 g/mol. The van der Waals surface area contributed by atoms with Crippen LogP contribution in [0.15, 0.2) is 103 Å². The predicted octanol–water partition coefficient (Wildman–Crippen LogP) is 6.56. The summed E-state index contributed by atoms with van der Waals surface area (Å²) in [7, 11) is 0. The summed E-state index contributed by atoms with van der Waals surface area (Å²) in [5, 5.41) is 12.1. The second-order valence-corrected chi connectivity index (χ2v) is 10.9. The van der Waals surface area contributed by atoms with Crippen molar-refractivity contribution < 1.29 is 19.3 Å². The third-order valence-corrected chi connectivity index (χ3v) is 8.80. The van der Waals surface area contributed by atoms with Crippen molar-refractivity contribution in [2.75, 3.05) is 4.90 Å². The van der Waals surface area contributed by atoms with Gasteiger partial charge < -0.3 is 4.90 Å². The Bertz CT molecular complexity index is 1790. The van der Waals surface area contributed by atoms with Crippen LogP contribution in [0, 0.1) is 15.5 Å². The molecule has 200 valence electrons. The van der Waals surface area contributed by atoms with Crippen molar-refractivity contribution in [1.82, 2.24) is 0 Å². The number of fused-ring (bicyclic) bond motifs is 5. The van der Waals surface area contributed by atoms with Gasteiger partial charge in [0.25, 0.3) is 5.69 Å². The molecule has 7 nitrogen and oxygen atoms in total. The van der Waals surface area contributed by atoms with Gasteiger partial charge in [-0.1, -0.05) is 90.5 Å². The number of halogens is 1. The molecule has 8 heteroatoms. The number of para-hydroxylation sites is 1. The molecule has 4 aromatic rings. The highest BCUT2D eigenvalue weighted by molar-refractivity contribution is 6.32. The van der Waals surface area contributed by atoms with Gasteiger partial charge in [0.2, 0.25) is 0 Å². The summed E-state index contributed by atoms with van der Waals surface area (Å²) in [4.78, 5) is 56.7. The number of anilines is 1. The molecule has 3 atom stereocenters. The molecule has 0 saturated carbocycles. The van der Waals surface area contributed by atoms with E-state index in [-0.39, 0.29) is 22.8 Å². The Morgan fingerprint density at radius 1 is 0.854 bits per heavy atom. The smallest absolute Gasteiger partial charge is 0.270 e. The van der Waals surface area contributed by atoms with Gasteiger partial charge in [-0.05, 0) is 29.3 Å². The minimum Gasteiger partial charge on any atom is -0.352 e. The van der Waals surface area contributed by atoms with E-state index < -0.39 is 34.1 Å². The van der Waals surface area contributed by atoms with Crippen molar-refractivity contribution in [1.29, 1.82) is 0 Å². The lowest BCUT2D eigenvalue weighted by atomic mass is 9.64. The first-order valence-corrected chi connectivity index (χ1v) is 13.5. The molecule has 1 spiro atoms. The number of nitrogens with zero attached hydrogens (tertiary/aromatic N) is 2. The SMILES string of the molecule is O=C(c1cccc([N+](=O)[O-])c1)[C@@H]1[C@H](c2ccc(Cl)cc2)C2(C(=O)c3ccccc3C2=O)[C@@H]2C=Cc3ccccc3N12. The van der Waals surface area contributed by atoms with Gasteiger partial charge >= 0.3 is 0 Å². The zero-order valence-corrected chi connectivity index (χ0v) is 22.2. The number of nitro groups is 1. The number of rotatable bonds is 4. The van der Waals surface area contributed by atoms with Gasteiger partial charge in [0.1, 0.15) is 11.5 Å². The number of nitro benzene ring substituents is 1. The van der Waals surface area contributed by atoms with E-state index >= 15 is 0 Å². The van der Waals surface area contributed by atoms with Crippen LogP contribution in [0.1, 0.15) is 48.1 Å². The minimum atomic E-state index is -1.65. The van der Waals surface area contributed by atoms with Crippen molar-refractivity contribution in [2.45, 2.75) is 18.0 Å². The minimum absolute atomic E-state index is 0.126. The fourth-order valence-corrected chi connectivity index (χ4v) is 7.03. The number of carbonyl (C=O) groups excluding carboxylic acids is 3. The zero-order chi connectivity index (χ0) is 28.5. The zero-order valence-electron chi connectivity index (χ0n) is 21.4. The monoisotopic (exact) mass is 560 g/mol. The Labute approximate surface area is 239 Å². The molecule has 0 bridgehead atoms. The first-order chi connectivity index (χ1) is 19.8. The van der Waals surface area contributed by atoms with E-state index in [4.69, 9.17) is 11.6 Å². The van der Waals surface area contributed by atoms with Gasteiger partial charge in [-0.2, -0.15) is 0 Å². The van der Waals surface area contributed by atoms with Crippen LogP contribution in [-0.2, 0) is 0 Å². The van der Waals surface area contributed by atoms with Crippen LogP contribution in [0.3, 0.4) is 0 Å². The third-order valence-electron chi connectivity index (χ3n) is 8.55. The number of Topliss-reactive ketones (excluding diaryl/α,β-unsaturated/α-hetero) is 3. The third kappa shape index (κ3) is 3.42. The molecule has 1 saturated heterocycles. The van der Waals surface area contributed by atoms with E-state index in [2.05, 4.69) is 0 Å². The second kappa shape index (κ2) is 9.08. The number of ketones is 3. The maximum Gasteiger partial charge on any atom is 0.270 e. The molecular formula is C33H21ClN2O5. The van der Waals surface area contributed by atoms with Gasteiger partial charge in [0.05, 0.1) is 11.0 Å². The van der Waals surface area contributed by atoms with E-state index in [1.165, 1.54) is 24.3 Å². The standard InChI is InChI=1S/C33H21ClN2O5/c34-22-15-12-20(13-16-22)28-29(30(37)21-7-5-8-23(18-21)36(40)41)35-26-11-4-1-6-19(26)14-17-27(35)33(28)31(38)24-9-2-3-10-25(24)32(33)39/h1-18,27-29H/t27-,28-,29-/m0/s1. The van der Waals surface area contributed by atoms with Crippen molar-refractivity contribution in [3.8, 4) is 0 Å². The second-order valence-electron chi connectivity index (χ2n) is 10.5. The van der Waals surface area contributed by atoms with E-state index in [0.29, 0.717) is 27.4 Å². The maximum atomic E-state index is 14.6. The van der Waals surface area contributed by atoms with Crippen molar-refractivity contribution in [2.24, 2.45) is 5.41 Å². The highest BCUT2D eigenvalue weighted by Crippen LogP contribution is 2.61. The van der Waals surface area contributed by atoms with Gasteiger partial charge in [-0.25, -0.2) is 0 Å². The normalized spacial score (nSPS) is 21.5. The fourth-order valence-electron chi connectivity index (χ4n) is 6.90. The molecule has 0 amide bonds. The summed E-state index contributed by atoms with van der Waals surface area (Å²) < 4.78 is 0. The average Bonchev–Trinajstić information content (AvgIpc) is 3.43. The summed E-state index contributed by atoms with van der Waals surface area (Å²) in [5.74, 6) is -2.02. The number of carbonyl (C=O) groups is 3. The summed E-state index contributed by atoms with van der Waals surface area (Å²) >= 11 is 6.24. The maximum absolute atomic E-state index is 14.6. The Morgan fingerprint density at radius 2 is 1.51 bits per heavy atom. The first-order valence-electron chi connectivity index (χ1n) is 13.1. The number of hydrogen-bond donors (Lipinski definition) is 0. The number of hydrogen-bond acceptors (Lipinski definition) is 6. The van der Waals surface area contributed by atoms with Crippen molar-refractivity contribution >= 4 is 46.4 Å². The number of benzene rings is 4. The van der Waals surface area contributed by atoms with Crippen LogP contribution >= 0.6 is 11.6 Å². The van der Waals surface area contributed by atoms with Gasteiger partial charge in [-0.3, -0.25) is 24.5 Å². The largest absolute Gasteiger partial charge is 0.352 e. The molecule has 0 N–H and O–H groups in total. The van der Waals surface area contributed by atoms with E-state index in [1.54, 1.807) is 48.5 Å². The number of non-ortho nitro benzene ring substituents is 1. The molecule has 3 aliphatic rings. The molecule has 4 aromatic carbocycles. The molecular weight excluding hydrogens is 540 g/mol. The first kappa shape index (κ1) is 25.1. The van der Waals surface area contributed by atoms with E-state index in [1.807, 2.05) is 41.3 Å². The van der Waals surface area contributed by atoms with Crippen LogP contribution in [0.25, 0.3) is 6.08 Å². The Balaban J connectivity index is 1.54. The van der Waals surface area contributed by atoms with Gasteiger partial charge in [0, 0.05) is 45.5 Å². The summed E-state index contributed by atoms with van der Waals surface area (Å²) in [6.45, 7) is 0. The molecule has 1 aliphatic carbocycles. The van der Waals surface area contributed by atoms with Gasteiger partial charge in [0.15, 0.2) is 17.3 Å². The molecule has 2 heterocycles. The lowest BCUT2D eigenvalue weighted by Crippen LogP contribution is -2.48. The molecule has 2 aliphatic heterocycles. The topological polar surface area (TPSA) is 97.6 Å². The lowest BCUT2D eigenvalue weighted by molar-refractivity contribution is -0.384. The van der Waals surface area contributed by atoms with Crippen LogP contribution < -0.4 is 4.90 Å². The van der Waals surface area contributed by atoms with Gasteiger partial charge in [-0.15, -0.1) is 0 Å². The lowest BCUT2D eigenvalue weighted by Gasteiger charge is -2.37. The Morgan fingerprint density at radius 3 is 2.20 bits per heavy atom. The molecule has 7 rings (SSSR count). The van der Waals surface area contributed by atoms with Crippen LogP contribution in [0.2, 0.25) is 5.02 Å². The van der Waals surface area contributed by atoms with Crippen LogP contribution in [0.4, 0.5) is 11.4 Å². The molecule has 41 heavy (non-hydrogen) atoms. The van der Waals surface area contributed by atoms with E-state index in [9.17, 15) is 24.5 Å². The summed E-state index contributed by atoms with van der Waals surface area (Å²) in [5.41, 5.74) is 1.05. The molecule has 0 radical (unpaired) electrons.